The summed E-state index contributed by atoms with van der Waals surface area (Å²) in [6.07, 6.45) is 0. The monoisotopic (exact) mass is 491 g/mol. The van der Waals surface area contributed by atoms with E-state index in [2.05, 4.69) is 0 Å². The van der Waals surface area contributed by atoms with E-state index in [1.807, 2.05) is 56.5 Å². The van der Waals surface area contributed by atoms with Crippen molar-refractivity contribution in [3.05, 3.63) is 87.1 Å². The third kappa shape index (κ3) is 4.82. The summed E-state index contributed by atoms with van der Waals surface area (Å²) in [4.78, 5) is 29.0. The highest BCUT2D eigenvalue weighted by molar-refractivity contribution is 7.09. The molecule has 7 heteroatoms. The number of hydrogen-bond acceptors (Lipinski definition) is 6. The van der Waals surface area contributed by atoms with Crippen LogP contribution in [0.3, 0.4) is 0 Å². The number of hydrogen-bond donors (Lipinski definition) is 1. The molecular formula is C28H29NO5S. The van der Waals surface area contributed by atoms with E-state index in [0.717, 1.165) is 21.8 Å². The molecule has 1 amide bonds. The summed E-state index contributed by atoms with van der Waals surface area (Å²) >= 11 is 1.52. The van der Waals surface area contributed by atoms with E-state index >= 15 is 0 Å². The molecule has 1 N–H and O–H groups in total. The number of carbonyl (C=O) groups excluding carboxylic acids is 2. The maximum Gasteiger partial charge on any atom is 0.295 e. The molecular weight excluding hydrogens is 462 g/mol. The topological polar surface area (TPSA) is 76.1 Å². The molecule has 2 aromatic carbocycles. The Kier molecular flexibility index (Phi) is 7.26. The predicted octanol–water partition coefficient (Wildman–Crippen LogP) is 5.90. The van der Waals surface area contributed by atoms with Gasteiger partial charge in [0, 0.05) is 10.4 Å². The first-order valence-electron chi connectivity index (χ1n) is 11.6. The number of Topliss-reactive ketones (excluding diaryl/α,β-unsaturated/α-hetero) is 1. The third-order valence-electron chi connectivity index (χ3n) is 6.08. The van der Waals surface area contributed by atoms with Gasteiger partial charge in [-0.05, 0) is 65.7 Å². The molecule has 1 fully saturated rings. The Morgan fingerprint density at radius 3 is 2.46 bits per heavy atom. The molecule has 0 radical (unpaired) electrons. The van der Waals surface area contributed by atoms with Crippen LogP contribution in [0.25, 0.3) is 5.76 Å². The van der Waals surface area contributed by atoms with E-state index in [1.54, 1.807) is 31.4 Å². The molecule has 0 bridgehead atoms. The number of likely N-dealkylation sites (tertiary alicyclic amines) is 1. The molecule has 4 rings (SSSR count). The first kappa shape index (κ1) is 24.5. The molecule has 6 nitrogen and oxygen atoms in total. The molecule has 1 aliphatic rings. The molecule has 1 aliphatic heterocycles. The molecule has 2 heterocycles. The summed E-state index contributed by atoms with van der Waals surface area (Å²) in [5.74, 6) is 0.0299. The SMILES string of the molecule is CCOc1ccc(/C(O)=C2/C(=O)C(=O)N(Cc3cccs3)C2c2ccc(OC)cc2)cc1C(C)C. The van der Waals surface area contributed by atoms with Crippen molar-refractivity contribution >= 4 is 28.8 Å². The lowest BCUT2D eigenvalue weighted by atomic mass is 9.93. The number of methoxy groups -OCH3 is 1. The van der Waals surface area contributed by atoms with Crippen molar-refractivity contribution in [3.63, 3.8) is 0 Å². The molecule has 1 unspecified atom stereocenters. The minimum Gasteiger partial charge on any atom is -0.507 e. The van der Waals surface area contributed by atoms with Gasteiger partial charge in [-0.2, -0.15) is 0 Å². The molecule has 0 spiro atoms. The van der Waals surface area contributed by atoms with Crippen LogP contribution in [0.2, 0.25) is 0 Å². The fraction of sp³-hybridized carbons (Fsp3) is 0.286. The number of thiophene rings is 1. The van der Waals surface area contributed by atoms with Gasteiger partial charge in [0.1, 0.15) is 17.3 Å². The average molecular weight is 492 g/mol. The van der Waals surface area contributed by atoms with Gasteiger partial charge < -0.3 is 19.5 Å². The van der Waals surface area contributed by atoms with Crippen molar-refractivity contribution in [2.75, 3.05) is 13.7 Å². The van der Waals surface area contributed by atoms with E-state index in [0.29, 0.717) is 17.9 Å². The second-order valence-corrected chi connectivity index (χ2v) is 9.65. The normalized spacial score (nSPS) is 17.3. The number of nitrogens with zero attached hydrogens (tertiary/aromatic N) is 1. The lowest BCUT2D eigenvalue weighted by Gasteiger charge is -2.25. The highest BCUT2D eigenvalue weighted by atomic mass is 32.1. The molecule has 3 aromatic rings. The number of aliphatic hydroxyl groups excluding tert-OH is 1. The van der Waals surface area contributed by atoms with Gasteiger partial charge >= 0.3 is 0 Å². The molecule has 0 aliphatic carbocycles. The van der Waals surface area contributed by atoms with Gasteiger partial charge in [-0.3, -0.25) is 9.59 Å². The van der Waals surface area contributed by atoms with Crippen LogP contribution < -0.4 is 9.47 Å². The zero-order valence-corrected chi connectivity index (χ0v) is 21.1. The van der Waals surface area contributed by atoms with Gasteiger partial charge in [0.25, 0.3) is 11.7 Å². The van der Waals surface area contributed by atoms with Crippen LogP contribution in [0.15, 0.2) is 65.6 Å². The average Bonchev–Trinajstić information content (AvgIpc) is 3.46. The minimum atomic E-state index is -0.725. The molecule has 182 valence electrons. The van der Waals surface area contributed by atoms with Crippen LogP contribution in [-0.2, 0) is 16.1 Å². The molecule has 0 saturated carbocycles. The molecule has 35 heavy (non-hydrogen) atoms. The first-order valence-corrected chi connectivity index (χ1v) is 12.5. The smallest absolute Gasteiger partial charge is 0.295 e. The highest BCUT2D eigenvalue weighted by Crippen LogP contribution is 2.41. The van der Waals surface area contributed by atoms with Crippen LogP contribution in [0.5, 0.6) is 11.5 Å². The Labute approximate surface area is 209 Å². The summed E-state index contributed by atoms with van der Waals surface area (Å²) in [7, 11) is 1.58. The van der Waals surface area contributed by atoms with E-state index < -0.39 is 17.7 Å². The van der Waals surface area contributed by atoms with Gasteiger partial charge in [0.05, 0.1) is 31.9 Å². The van der Waals surface area contributed by atoms with Gasteiger partial charge in [0.2, 0.25) is 0 Å². The van der Waals surface area contributed by atoms with Crippen LogP contribution >= 0.6 is 11.3 Å². The number of ketones is 1. The van der Waals surface area contributed by atoms with E-state index in [9.17, 15) is 14.7 Å². The lowest BCUT2D eigenvalue weighted by Crippen LogP contribution is -2.28. The van der Waals surface area contributed by atoms with Crippen molar-refractivity contribution in [3.8, 4) is 11.5 Å². The fourth-order valence-electron chi connectivity index (χ4n) is 4.34. The molecule has 1 atom stereocenters. The van der Waals surface area contributed by atoms with Gasteiger partial charge in [0.15, 0.2) is 0 Å². The Morgan fingerprint density at radius 1 is 1.11 bits per heavy atom. The molecule has 1 aromatic heterocycles. The third-order valence-corrected chi connectivity index (χ3v) is 6.94. The van der Waals surface area contributed by atoms with Crippen molar-refractivity contribution in [2.45, 2.75) is 39.3 Å². The number of amides is 1. The van der Waals surface area contributed by atoms with Crippen LogP contribution in [0.1, 0.15) is 54.3 Å². The predicted molar refractivity (Wildman–Crippen MR) is 137 cm³/mol. The Bertz CT molecular complexity index is 1240. The number of benzene rings is 2. The zero-order valence-electron chi connectivity index (χ0n) is 20.3. The van der Waals surface area contributed by atoms with E-state index in [-0.39, 0.29) is 23.8 Å². The van der Waals surface area contributed by atoms with E-state index in [1.165, 1.54) is 16.2 Å². The Hall–Kier alpha value is -3.58. The van der Waals surface area contributed by atoms with Crippen LogP contribution in [0, 0.1) is 0 Å². The van der Waals surface area contributed by atoms with Gasteiger partial charge in [-0.15, -0.1) is 11.3 Å². The Balaban J connectivity index is 1.86. The van der Waals surface area contributed by atoms with Crippen molar-refractivity contribution in [2.24, 2.45) is 0 Å². The van der Waals surface area contributed by atoms with Crippen LogP contribution in [0.4, 0.5) is 0 Å². The zero-order chi connectivity index (χ0) is 25.1. The van der Waals surface area contributed by atoms with Crippen LogP contribution in [-0.4, -0.2) is 35.4 Å². The summed E-state index contributed by atoms with van der Waals surface area (Å²) in [6.45, 7) is 6.80. The minimum absolute atomic E-state index is 0.0792. The number of carbonyl (C=O) groups is 2. The fourth-order valence-corrected chi connectivity index (χ4v) is 5.04. The summed E-state index contributed by atoms with van der Waals surface area (Å²) in [6, 6.07) is 15.7. The summed E-state index contributed by atoms with van der Waals surface area (Å²) in [5, 5.41) is 13.4. The van der Waals surface area contributed by atoms with Crippen molar-refractivity contribution in [1.82, 2.24) is 4.90 Å². The van der Waals surface area contributed by atoms with Crippen molar-refractivity contribution in [1.29, 1.82) is 0 Å². The quantitative estimate of drug-likeness (QED) is 0.241. The molecule has 1 saturated heterocycles. The largest absolute Gasteiger partial charge is 0.507 e. The van der Waals surface area contributed by atoms with Gasteiger partial charge in [-0.1, -0.05) is 32.0 Å². The number of ether oxygens (including phenoxy) is 2. The second-order valence-electron chi connectivity index (χ2n) is 8.62. The maximum atomic E-state index is 13.3. The second kappa shape index (κ2) is 10.4. The van der Waals surface area contributed by atoms with Crippen molar-refractivity contribution < 1.29 is 24.2 Å². The number of aliphatic hydroxyl groups is 1. The Morgan fingerprint density at radius 2 is 1.86 bits per heavy atom. The standard InChI is InChI=1S/C28H29NO5S/c1-5-34-23-13-10-19(15-22(23)17(2)3)26(30)24-25(18-8-11-20(33-4)12-9-18)29(28(32)27(24)31)16-21-7-6-14-35-21/h6-15,17,25,30H,5,16H2,1-4H3/b26-24-. The van der Waals surface area contributed by atoms with E-state index in [4.69, 9.17) is 9.47 Å². The summed E-state index contributed by atoms with van der Waals surface area (Å²) in [5.41, 5.74) is 2.20. The highest BCUT2D eigenvalue weighted by Gasteiger charge is 2.46. The van der Waals surface area contributed by atoms with Gasteiger partial charge in [-0.25, -0.2) is 0 Å². The summed E-state index contributed by atoms with van der Waals surface area (Å²) < 4.78 is 11.0. The lowest BCUT2D eigenvalue weighted by molar-refractivity contribution is -0.140. The first-order chi connectivity index (χ1) is 16.8. The number of rotatable bonds is 8. The maximum absolute atomic E-state index is 13.3.